The van der Waals surface area contributed by atoms with E-state index in [1.54, 1.807) is 12.1 Å². The van der Waals surface area contributed by atoms with Crippen molar-refractivity contribution >= 4 is 16.0 Å². The molecule has 9 heavy (non-hydrogen) atoms. The molecule has 0 spiro atoms. The van der Waals surface area contributed by atoms with Gasteiger partial charge in [-0.05, 0) is 0 Å². The second-order valence-corrected chi connectivity index (χ2v) is 2.49. The molecule has 48 valence electrons. The molecule has 1 nitrogen and oxygen atoms in total. The van der Waals surface area contributed by atoms with Gasteiger partial charge >= 0.3 is 62.0 Å². The van der Waals surface area contributed by atoms with Crippen LogP contribution in [0.3, 0.4) is 0 Å². The molecule has 0 aliphatic carbocycles. The van der Waals surface area contributed by atoms with Crippen LogP contribution in [0.1, 0.15) is 5.56 Å². The van der Waals surface area contributed by atoms with Crippen LogP contribution in [-0.2, 0) is 5.32 Å². The number of phenols is 1. The Labute approximate surface area is 62.5 Å². The SMILES string of the molecule is Oc1ccc(C[SeH])cc1. The van der Waals surface area contributed by atoms with Crippen LogP contribution in [-0.4, -0.2) is 21.1 Å². The number of rotatable bonds is 1. The molecule has 0 bridgehead atoms. The van der Waals surface area contributed by atoms with Gasteiger partial charge in [-0.3, -0.25) is 0 Å². The molecule has 0 aromatic heterocycles. The molecule has 1 aromatic rings. The summed E-state index contributed by atoms with van der Waals surface area (Å²) < 4.78 is 0. The summed E-state index contributed by atoms with van der Waals surface area (Å²) in [6, 6.07) is 7.21. The summed E-state index contributed by atoms with van der Waals surface area (Å²) in [5, 5.41) is 9.81. The molecule has 0 saturated heterocycles. The van der Waals surface area contributed by atoms with Crippen LogP contribution in [0.4, 0.5) is 0 Å². The van der Waals surface area contributed by atoms with Gasteiger partial charge in [-0.2, -0.15) is 0 Å². The summed E-state index contributed by atoms with van der Waals surface area (Å²) in [5.41, 5.74) is 1.23. The van der Waals surface area contributed by atoms with Crippen LogP contribution in [0, 0.1) is 0 Å². The first-order valence-corrected chi connectivity index (χ1v) is 4.04. The maximum atomic E-state index is 8.85. The van der Waals surface area contributed by atoms with Crippen molar-refractivity contribution < 1.29 is 5.11 Å². The number of aromatic hydroxyl groups is 1. The van der Waals surface area contributed by atoms with Crippen molar-refractivity contribution in [2.24, 2.45) is 0 Å². The monoisotopic (exact) mass is 188 g/mol. The van der Waals surface area contributed by atoms with Crippen molar-refractivity contribution in [3.63, 3.8) is 0 Å². The minimum atomic E-state index is 0.333. The third kappa shape index (κ3) is 1.74. The van der Waals surface area contributed by atoms with E-state index in [9.17, 15) is 0 Å². The second kappa shape index (κ2) is 2.90. The van der Waals surface area contributed by atoms with E-state index in [4.69, 9.17) is 5.11 Å². The van der Waals surface area contributed by atoms with Crippen LogP contribution in [0.25, 0.3) is 0 Å². The van der Waals surface area contributed by atoms with E-state index in [0.717, 1.165) is 5.32 Å². The Kier molecular flexibility index (Phi) is 2.15. The van der Waals surface area contributed by atoms with Gasteiger partial charge < -0.3 is 0 Å². The molecular formula is C7H8OSe. The van der Waals surface area contributed by atoms with Crippen molar-refractivity contribution in [2.75, 3.05) is 0 Å². The fourth-order valence-electron chi connectivity index (χ4n) is 0.601. The average molecular weight is 187 g/mol. The van der Waals surface area contributed by atoms with E-state index in [1.807, 2.05) is 12.1 Å². The van der Waals surface area contributed by atoms with Crippen LogP contribution < -0.4 is 0 Å². The second-order valence-electron chi connectivity index (χ2n) is 1.82. The molecule has 0 unspecified atom stereocenters. The van der Waals surface area contributed by atoms with Gasteiger partial charge in [-0.1, -0.05) is 0 Å². The van der Waals surface area contributed by atoms with Gasteiger partial charge in [-0.15, -0.1) is 0 Å². The van der Waals surface area contributed by atoms with Crippen LogP contribution in [0.5, 0.6) is 5.75 Å². The van der Waals surface area contributed by atoms with Gasteiger partial charge in [0.05, 0.1) is 0 Å². The molecule has 0 radical (unpaired) electrons. The molecule has 0 aliphatic heterocycles. The number of benzene rings is 1. The van der Waals surface area contributed by atoms with Crippen LogP contribution in [0.2, 0.25) is 0 Å². The third-order valence-electron chi connectivity index (χ3n) is 1.12. The number of hydrogen-bond acceptors (Lipinski definition) is 1. The van der Waals surface area contributed by atoms with Gasteiger partial charge in [0.2, 0.25) is 0 Å². The molecule has 0 fully saturated rings. The topological polar surface area (TPSA) is 20.2 Å². The molecule has 1 rings (SSSR count). The third-order valence-corrected chi connectivity index (χ3v) is 1.89. The van der Waals surface area contributed by atoms with Crippen molar-refractivity contribution in [1.29, 1.82) is 0 Å². The summed E-state index contributed by atoms with van der Waals surface area (Å²) in [7, 11) is 0. The standard InChI is InChI=1S/C7H8OSe/c8-7-3-1-6(5-9)2-4-7/h1-4,8-9H,5H2. The molecular weight excluding hydrogens is 179 g/mol. The minimum absolute atomic E-state index is 0.333. The predicted molar refractivity (Wildman–Crippen MR) is 39.0 cm³/mol. The molecule has 1 N–H and O–H groups in total. The molecule has 1 aromatic carbocycles. The van der Waals surface area contributed by atoms with Crippen molar-refractivity contribution in [3.8, 4) is 5.75 Å². The summed E-state index contributed by atoms with van der Waals surface area (Å²) in [6.45, 7) is 0. The van der Waals surface area contributed by atoms with Gasteiger partial charge in [0.1, 0.15) is 0 Å². The zero-order valence-corrected chi connectivity index (χ0v) is 6.79. The Morgan fingerprint density at radius 1 is 1.22 bits per heavy atom. The summed E-state index contributed by atoms with van der Waals surface area (Å²) >= 11 is 2.49. The molecule has 0 aliphatic rings. The zero-order chi connectivity index (χ0) is 6.69. The summed E-state index contributed by atoms with van der Waals surface area (Å²) in [5.74, 6) is 0.333. The normalized spacial score (nSPS) is 9.44. The fraction of sp³-hybridized carbons (Fsp3) is 0.143. The van der Waals surface area contributed by atoms with Crippen molar-refractivity contribution in [1.82, 2.24) is 0 Å². The first-order valence-electron chi connectivity index (χ1n) is 2.71. The van der Waals surface area contributed by atoms with E-state index in [0.29, 0.717) is 5.75 Å². The fourth-order valence-corrected chi connectivity index (χ4v) is 1.04. The van der Waals surface area contributed by atoms with E-state index < -0.39 is 0 Å². The van der Waals surface area contributed by atoms with E-state index >= 15 is 0 Å². The van der Waals surface area contributed by atoms with Crippen molar-refractivity contribution in [2.45, 2.75) is 5.32 Å². The number of hydrogen-bond donors (Lipinski definition) is 1. The van der Waals surface area contributed by atoms with Gasteiger partial charge in [0.25, 0.3) is 0 Å². The van der Waals surface area contributed by atoms with Gasteiger partial charge in [-0.25, -0.2) is 0 Å². The molecule has 0 amide bonds. The van der Waals surface area contributed by atoms with Crippen molar-refractivity contribution in [3.05, 3.63) is 29.8 Å². The zero-order valence-electron chi connectivity index (χ0n) is 4.91. The number of phenolic OH excluding ortho intramolecular Hbond substituents is 1. The van der Waals surface area contributed by atoms with E-state index in [1.165, 1.54) is 5.56 Å². The Bertz CT molecular complexity index is 181. The first-order chi connectivity index (χ1) is 4.33. The van der Waals surface area contributed by atoms with Crippen LogP contribution >= 0.6 is 0 Å². The Morgan fingerprint density at radius 2 is 1.78 bits per heavy atom. The maximum absolute atomic E-state index is 8.85. The summed E-state index contributed by atoms with van der Waals surface area (Å²) in [4.78, 5) is 0. The molecule has 0 atom stereocenters. The first kappa shape index (κ1) is 6.66. The van der Waals surface area contributed by atoms with Crippen LogP contribution in [0.15, 0.2) is 24.3 Å². The van der Waals surface area contributed by atoms with Gasteiger partial charge in [0, 0.05) is 0 Å². The Morgan fingerprint density at radius 3 is 2.22 bits per heavy atom. The van der Waals surface area contributed by atoms with Gasteiger partial charge in [0.15, 0.2) is 0 Å². The molecule has 0 heterocycles. The average Bonchev–Trinajstić information content (AvgIpc) is 1.90. The summed E-state index contributed by atoms with van der Waals surface area (Å²) in [6.07, 6.45) is 0. The quantitative estimate of drug-likeness (QED) is 0.644. The molecule has 2 heteroatoms. The van der Waals surface area contributed by atoms with E-state index in [2.05, 4.69) is 16.0 Å². The Hall–Kier alpha value is -0.461. The molecule has 0 saturated carbocycles. The predicted octanol–water partition coefficient (Wildman–Crippen LogP) is 0.793. The van der Waals surface area contributed by atoms with E-state index in [-0.39, 0.29) is 0 Å². The Balaban J connectivity index is 2.88.